The van der Waals surface area contributed by atoms with Gasteiger partial charge in [-0.2, -0.15) is 18.4 Å². The van der Waals surface area contributed by atoms with E-state index in [4.69, 9.17) is 10.00 Å². The van der Waals surface area contributed by atoms with Crippen molar-refractivity contribution in [3.63, 3.8) is 0 Å². The summed E-state index contributed by atoms with van der Waals surface area (Å²) < 4.78 is 40.1. The maximum Gasteiger partial charge on any atom is 0.391 e. The van der Waals surface area contributed by atoms with Gasteiger partial charge in [0.25, 0.3) is 0 Å². The standard InChI is InChI=1S/C11H19F3N2O/c1-10(9-15,16-2)5-3-4-7-17-8-6-11(12,13)14/h16H,3-8H2,1-2H3. The Morgan fingerprint density at radius 3 is 2.29 bits per heavy atom. The van der Waals surface area contributed by atoms with Gasteiger partial charge in [0.05, 0.1) is 19.1 Å². The van der Waals surface area contributed by atoms with Crippen LogP contribution >= 0.6 is 0 Å². The van der Waals surface area contributed by atoms with Crippen LogP contribution in [0.5, 0.6) is 0 Å². The van der Waals surface area contributed by atoms with Gasteiger partial charge in [-0.25, -0.2) is 0 Å². The number of nitrogens with one attached hydrogen (secondary N) is 1. The molecule has 100 valence electrons. The van der Waals surface area contributed by atoms with Crippen molar-refractivity contribution in [2.45, 2.75) is 44.3 Å². The Kier molecular flexibility index (Phi) is 7.16. The van der Waals surface area contributed by atoms with E-state index in [1.54, 1.807) is 14.0 Å². The van der Waals surface area contributed by atoms with E-state index in [0.29, 0.717) is 19.4 Å². The van der Waals surface area contributed by atoms with Crippen molar-refractivity contribution in [2.24, 2.45) is 0 Å². The van der Waals surface area contributed by atoms with Crippen LogP contribution < -0.4 is 5.32 Å². The van der Waals surface area contributed by atoms with E-state index in [0.717, 1.165) is 6.42 Å². The minimum atomic E-state index is -4.15. The van der Waals surface area contributed by atoms with Gasteiger partial charge in [0.1, 0.15) is 5.54 Å². The number of alkyl halides is 3. The highest BCUT2D eigenvalue weighted by Gasteiger charge is 2.26. The van der Waals surface area contributed by atoms with Gasteiger partial charge in [0.2, 0.25) is 0 Å². The highest BCUT2D eigenvalue weighted by molar-refractivity contribution is 5.02. The smallest absolute Gasteiger partial charge is 0.381 e. The number of hydrogen-bond acceptors (Lipinski definition) is 3. The van der Waals surface area contributed by atoms with Crippen LogP contribution in [0.15, 0.2) is 0 Å². The lowest BCUT2D eigenvalue weighted by Crippen LogP contribution is -2.37. The van der Waals surface area contributed by atoms with Crippen LogP contribution in [0, 0.1) is 11.3 Å². The predicted octanol–water partition coefficient (Wildman–Crippen LogP) is 2.63. The minimum absolute atomic E-state index is 0.287. The van der Waals surface area contributed by atoms with Gasteiger partial charge in [-0.15, -0.1) is 0 Å². The first kappa shape index (κ1) is 16.2. The van der Waals surface area contributed by atoms with Crippen LogP contribution in [0.3, 0.4) is 0 Å². The lowest BCUT2D eigenvalue weighted by Gasteiger charge is -2.20. The summed E-state index contributed by atoms with van der Waals surface area (Å²) in [6, 6.07) is 2.15. The van der Waals surface area contributed by atoms with Crippen LogP contribution in [0.1, 0.15) is 32.6 Å². The van der Waals surface area contributed by atoms with E-state index in [1.807, 2.05) is 0 Å². The molecule has 0 aromatic heterocycles. The minimum Gasteiger partial charge on any atom is -0.381 e. The van der Waals surface area contributed by atoms with E-state index in [-0.39, 0.29) is 6.61 Å². The van der Waals surface area contributed by atoms with Gasteiger partial charge in [-0.3, -0.25) is 0 Å². The first-order valence-corrected chi connectivity index (χ1v) is 5.58. The van der Waals surface area contributed by atoms with Crippen molar-refractivity contribution < 1.29 is 17.9 Å². The second-order valence-electron chi connectivity index (χ2n) is 4.13. The zero-order chi connectivity index (χ0) is 13.4. The molecular weight excluding hydrogens is 233 g/mol. The van der Waals surface area contributed by atoms with Crippen molar-refractivity contribution >= 4 is 0 Å². The quantitative estimate of drug-likeness (QED) is 0.675. The van der Waals surface area contributed by atoms with Crippen molar-refractivity contribution in [2.75, 3.05) is 20.3 Å². The molecule has 1 N–H and O–H groups in total. The van der Waals surface area contributed by atoms with E-state index in [2.05, 4.69) is 11.4 Å². The molecule has 0 aromatic rings. The molecule has 1 atom stereocenters. The molecular formula is C11H19F3N2O. The average Bonchev–Trinajstić information content (AvgIpc) is 2.26. The summed E-state index contributed by atoms with van der Waals surface area (Å²) in [6.07, 6.45) is -2.98. The summed E-state index contributed by atoms with van der Waals surface area (Å²) in [6.45, 7) is 1.81. The van der Waals surface area contributed by atoms with Crippen molar-refractivity contribution in [3.05, 3.63) is 0 Å². The summed E-state index contributed by atoms with van der Waals surface area (Å²) in [5.41, 5.74) is -0.564. The molecule has 0 spiro atoms. The average molecular weight is 252 g/mol. The molecule has 0 radical (unpaired) electrons. The highest BCUT2D eigenvalue weighted by Crippen LogP contribution is 2.19. The molecule has 0 saturated heterocycles. The number of unbranched alkanes of at least 4 members (excludes halogenated alkanes) is 1. The lowest BCUT2D eigenvalue weighted by molar-refractivity contribution is -0.145. The number of rotatable bonds is 8. The summed E-state index contributed by atoms with van der Waals surface area (Å²) in [4.78, 5) is 0. The summed E-state index contributed by atoms with van der Waals surface area (Å²) >= 11 is 0. The summed E-state index contributed by atoms with van der Waals surface area (Å²) in [7, 11) is 1.71. The third-order valence-corrected chi connectivity index (χ3v) is 2.54. The fourth-order valence-electron chi connectivity index (χ4n) is 1.21. The third-order valence-electron chi connectivity index (χ3n) is 2.54. The monoisotopic (exact) mass is 252 g/mol. The van der Waals surface area contributed by atoms with Crippen molar-refractivity contribution in [1.82, 2.24) is 5.32 Å². The maximum atomic E-state index is 11.8. The molecule has 0 amide bonds. The molecule has 0 fully saturated rings. The van der Waals surface area contributed by atoms with E-state index in [9.17, 15) is 13.2 Å². The van der Waals surface area contributed by atoms with Gasteiger partial charge < -0.3 is 10.1 Å². The Morgan fingerprint density at radius 1 is 1.18 bits per heavy atom. The molecule has 0 aliphatic rings. The highest BCUT2D eigenvalue weighted by atomic mass is 19.4. The van der Waals surface area contributed by atoms with E-state index >= 15 is 0 Å². The fourth-order valence-corrected chi connectivity index (χ4v) is 1.21. The largest absolute Gasteiger partial charge is 0.391 e. The topological polar surface area (TPSA) is 45.0 Å². The molecule has 1 unspecified atom stereocenters. The van der Waals surface area contributed by atoms with Gasteiger partial charge in [-0.1, -0.05) is 0 Å². The van der Waals surface area contributed by atoms with E-state index < -0.39 is 18.1 Å². The normalized spacial score (nSPS) is 15.3. The maximum absolute atomic E-state index is 11.8. The molecule has 0 heterocycles. The molecule has 0 rings (SSSR count). The Labute approximate surface area is 99.9 Å². The molecule has 0 aromatic carbocycles. The number of ether oxygens (including phenoxy) is 1. The van der Waals surface area contributed by atoms with Crippen LogP contribution in [0.4, 0.5) is 13.2 Å². The van der Waals surface area contributed by atoms with Gasteiger partial charge >= 0.3 is 6.18 Å². The Balaban J connectivity index is 3.45. The number of halogens is 3. The fraction of sp³-hybridized carbons (Fsp3) is 0.909. The van der Waals surface area contributed by atoms with Crippen LogP contribution in [-0.2, 0) is 4.74 Å². The van der Waals surface area contributed by atoms with Crippen LogP contribution in [0.2, 0.25) is 0 Å². The third kappa shape index (κ3) is 8.95. The lowest BCUT2D eigenvalue weighted by atomic mass is 9.97. The summed E-state index contributed by atoms with van der Waals surface area (Å²) in [5, 5.41) is 11.7. The van der Waals surface area contributed by atoms with Gasteiger partial charge in [0.15, 0.2) is 0 Å². The molecule has 0 saturated carbocycles. The number of nitriles is 1. The first-order chi connectivity index (χ1) is 7.83. The zero-order valence-corrected chi connectivity index (χ0v) is 10.2. The van der Waals surface area contributed by atoms with Gasteiger partial charge in [-0.05, 0) is 33.2 Å². The van der Waals surface area contributed by atoms with Crippen molar-refractivity contribution in [3.8, 4) is 6.07 Å². The Morgan fingerprint density at radius 2 is 1.82 bits per heavy atom. The van der Waals surface area contributed by atoms with Crippen molar-refractivity contribution in [1.29, 1.82) is 5.26 Å². The van der Waals surface area contributed by atoms with Crippen LogP contribution in [0.25, 0.3) is 0 Å². The first-order valence-electron chi connectivity index (χ1n) is 5.58. The Bertz CT molecular complexity index is 250. The molecule has 0 aliphatic heterocycles. The Hall–Kier alpha value is -0.800. The number of hydrogen-bond donors (Lipinski definition) is 1. The zero-order valence-electron chi connectivity index (χ0n) is 10.2. The van der Waals surface area contributed by atoms with Gasteiger partial charge in [0, 0.05) is 6.61 Å². The second kappa shape index (κ2) is 7.51. The molecule has 17 heavy (non-hydrogen) atoms. The summed E-state index contributed by atoms with van der Waals surface area (Å²) in [5.74, 6) is 0. The molecule has 3 nitrogen and oxygen atoms in total. The SMILES string of the molecule is CNC(C)(C#N)CCCCOCCC(F)(F)F. The molecule has 0 bridgehead atoms. The number of nitrogens with zero attached hydrogens (tertiary/aromatic N) is 1. The predicted molar refractivity (Wildman–Crippen MR) is 58.4 cm³/mol. The molecule has 6 heteroatoms. The second-order valence-corrected chi connectivity index (χ2v) is 4.13. The van der Waals surface area contributed by atoms with Crippen LogP contribution in [-0.4, -0.2) is 32.0 Å². The molecule has 0 aliphatic carbocycles. The van der Waals surface area contributed by atoms with E-state index in [1.165, 1.54) is 0 Å².